The Bertz CT molecular complexity index is 2850. The number of benzene rings is 2. The molecule has 2 aromatic carbocycles. The van der Waals surface area contributed by atoms with Crippen molar-refractivity contribution in [3.63, 3.8) is 0 Å². The van der Waals surface area contributed by atoms with Crippen LogP contribution in [0, 0.1) is 11.7 Å². The molecule has 358 valence electrons. The number of ether oxygens (including phenoxy) is 1. The van der Waals surface area contributed by atoms with Crippen molar-refractivity contribution >= 4 is 46.5 Å². The van der Waals surface area contributed by atoms with Crippen LogP contribution in [0.5, 0.6) is 5.75 Å². The summed E-state index contributed by atoms with van der Waals surface area (Å²) >= 11 is 0. The van der Waals surface area contributed by atoms with Crippen molar-refractivity contribution in [2.75, 3.05) is 62.7 Å². The summed E-state index contributed by atoms with van der Waals surface area (Å²) < 4.78 is 56.2. The van der Waals surface area contributed by atoms with Gasteiger partial charge in [-0.05, 0) is 92.3 Å². The minimum Gasteiger partial charge on any atom is -0.495 e. The normalized spacial score (nSPS) is 20.6. The van der Waals surface area contributed by atoms with E-state index in [0.717, 1.165) is 86.5 Å². The summed E-state index contributed by atoms with van der Waals surface area (Å²) in [5, 5.41) is 7.67. The van der Waals surface area contributed by atoms with E-state index in [4.69, 9.17) is 9.84 Å². The Morgan fingerprint density at radius 1 is 0.897 bits per heavy atom. The minimum absolute atomic E-state index is 0. The van der Waals surface area contributed by atoms with Gasteiger partial charge >= 0.3 is 0 Å². The van der Waals surface area contributed by atoms with Crippen LogP contribution in [0.4, 0.5) is 30.4 Å². The number of hydrogen-bond donors (Lipinski definition) is 1. The number of aryl methyl sites for hydroxylation is 1. The molecule has 11 rings (SSSR count). The second kappa shape index (κ2) is 17.6. The van der Waals surface area contributed by atoms with Crippen LogP contribution in [0.2, 0.25) is 0 Å². The maximum atomic E-state index is 16.1. The highest BCUT2D eigenvalue weighted by atomic mass is 19.3. The molecule has 68 heavy (non-hydrogen) atoms. The van der Waals surface area contributed by atoms with Gasteiger partial charge in [0.25, 0.3) is 12.3 Å². The van der Waals surface area contributed by atoms with Crippen molar-refractivity contribution < 1.29 is 38.5 Å². The standard InChI is InChI=1S/C50H55F3N10O5.H2/c1-29(64)59-20-13-39-38(26-59)48(61-15-3-4-31-22-34(36(47(52)53)23-42(31)61)35-24-44-54-14-21-60(44)28-43(35)68-2)56-63(39)32-11-16-57(17-12-32)25-30-9-18-58(19-10-30)40-6-5-33-37(46(40)51)27-62(50(33)67)41-7-8-45(65)55-49(41)66;/h5-6,14,21-24,28,30,32,41,47H,3-4,7-13,15-20,25-27H2,1-2H3,(H,55,65,66);1H. The largest absolute Gasteiger partial charge is 0.495 e. The van der Waals surface area contributed by atoms with Gasteiger partial charge < -0.3 is 33.6 Å². The number of alkyl halides is 2. The highest BCUT2D eigenvalue weighted by Crippen LogP contribution is 2.46. The second-order valence-corrected chi connectivity index (χ2v) is 19.2. The zero-order chi connectivity index (χ0) is 47.0. The van der Waals surface area contributed by atoms with E-state index in [0.29, 0.717) is 78.8 Å². The van der Waals surface area contributed by atoms with E-state index in [1.807, 2.05) is 11.0 Å². The highest BCUT2D eigenvalue weighted by Gasteiger charge is 2.42. The number of aromatic nitrogens is 4. The van der Waals surface area contributed by atoms with E-state index >= 15 is 13.2 Å². The lowest BCUT2D eigenvalue weighted by atomic mass is 9.91. The van der Waals surface area contributed by atoms with Crippen LogP contribution in [0.25, 0.3) is 16.8 Å². The van der Waals surface area contributed by atoms with Crippen molar-refractivity contribution in [3.05, 3.63) is 88.3 Å². The third kappa shape index (κ3) is 7.73. The van der Waals surface area contributed by atoms with Crippen LogP contribution in [-0.2, 0) is 40.3 Å². The van der Waals surface area contributed by atoms with Crippen molar-refractivity contribution in [1.29, 1.82) is 0 Å². The number of methoxy groups -OCH3 is 1. The number of rotatable bonds is 9. The number of pyridine rings is 1. The van der Waals surface area contributed by atoms with E-state index < -0.39 is 24.2 Å². The number of fused-ring (bicyclic) bond motifs is 4. The maximum Gasteiger partial charge on any atom is 0.264 e. The van der Waals surface area contributed by atoms with E-state index in [2.05, 4.69) is 29.7 Å². The molecule has 1 N–H and O–H groups in total. The number of carbonyl (C=O) groups is 4. The molecule has 4 amide bonds. The Labute approximate surface area is 393 Å². The molecule has 9 heterocycles. The van der Waals surface area contributed by atoms with Crippen LogP contribution in [0.3, 0.4) is 0 Å². The van der Waals surface area contributed by atoms with Crippen molar-refractivity contribution in [2.24, 2.45) is 5.92 Å². The lowest BCUT2D eigenvalue weighted by Crippen LogP contribution is -2.52. The van der Waals surface area contributed by atoms with Gasteiger partial charge in [-0.3, -0.25) is 29.2 Å². The first-order chi connectivity index (χ1) is 32.9. The fraction of sp³-hybridized carbons (Fsp3) is 0.480. The predicted octanol–water partition coefficient (Wildman–Crippen LogP) is 6.83. The van der Waals surface area contributed by atoms with Gasteiger partial charge in [0.2, 0.25) is 17.7 Å². The Hall–Kier alpha value is -6.43. The van der Waals surface area contributed by atoms with Crippen molar-refractivity contribution in [1.82, 2.24) is 39.2 Å². The van der Waals surface area contributed by atoms with Gasteiger partial charge in [0.1, 0.15) is 17.4 Å². The number of hydrogen-bond acceptors (Lipinski definition) is 10. The van der Waals surface area contributed by atoms with E-state index in [9.17, 15) is 19.2 Å². The van der Waals surface area contributed by atoms with E-state index in [1.165, 1.54) is 4.90 Å². The SMILES string of the molecule is COc1cn2ccnc2cc1-c1cc2c(cc1C(F)F)N(c1nn(C3CCN(CC4CCN(c5ccc6c(c5F)CN(C5CCC(=O)NC5=O)C6=O)CC4)CC3)c3c1CN(C(C)=O)CC3)CCC2.[HH]. The van der Waals surface area contributed by atoms with Crippen LogP contribution < -0.4 is 19.9 Å². The van der Waals surface area contributed by atoms with Gasteiger partial charge in [0.15, 0.2) is 11.6 Å². The molecule has 3 aromatic heterocycles. The number of nitrogens with one attached hydrogen (secondary N) is 1. The van der Waals surface area contributed by atoms with Crippen molar-refractivity contribution in [3.8, 4) is 16.9 Å². The molecule has 1 atom stereocenters. The van der Waals surface area contributed by atoms with Gasteiger partial charge in [-0.2, -0.15) is 5.10 Å². The summed E-state index contributed by atoms with van der Waals surface area (Å²) in [5.74, 6) is -0.0237. The summed E-state index contributed by atoms with van der Waals surface area (Å²) in [6.07, 6.45) is 8.63. The molecule has 6 aliphatic rings. The second-order valence-electron chi connectivity index (χ2n) is 19.2. The first-order valence-electron chi connectivity index (χ1n) is 24.0. The molecule has 3 fully saturated rings. The summed E-state index contributed by atoms with van der Waals surface area (Å²) in [5.41, 5.74) is 6.36. The smallest absolute Gasteiger partial charge is 0.264 e. The average Bonchev–Trinajstić information content (AvgIpc) is 4.06. The fourth-order valence-corrected chi connectivity index (χ4v) is 11.7. The Morgan fingerprint density at radius 3 is 2.46 bits per heavy atom. The molecule has 0 saturated carbocycles. The predicted molar refractivity (Wildman–Crippen MR) is 249 cm³/mol. The zero-order valence-corrected chi connectivity index (χ0v) is 38.4. The third-order valence-electron chi connectivity index (χ3n) is 15.4. The molecule has 0 radical (unpaired) electrons. The van der Waals surface area contributed by atoms with Gasteiger partial charge in [-0.1, -0.05) is 0 Å². The molecule has 0 bridgehead atoms. The molecule has 6 aliphatic heterocycles. The molecule has 1 unspecified atom stereocenters. The highest BCUT2D eigenvalue weighted by molar-refractivity contribution is 6.05. The Kier molecular flexibility index (Phi) is 11.4. The van der Waals surface area contributed by atoms with Crippen LogP contribution in [0.15, 0.2) is 48.9 Å². The average molecular weight is 935 g/mol. The lowest BCUT2D eigenvalue weighted by Gasteiger charge is -2.39. The first kappa shape index (κ1) is 44.1. The summed E-state index contributed by atoms with van der Waals surface area (Å²) in [7, 11) is 1.54. The van der Waals surface area contributed by atoms with Crippen LogP contribution in [-0.4, -0.2) is 116 Å². The number of piperidine rings is 3. The molecular weight excluding hydrogens is 878 g/mol. The number of imidazole rings is 1. The third-order valence-corrected chi connectivity index (χ3v) is 15.4. The Balaban J connectivity index is 0.00000553. The molecule has 15 nitrogen and oxygen atoms in total. The molecule has 0 aliphatic carbocycles. The quantitative estimate of drug-likeness (QED) is 0.157. The fourth-order valence-electron chi connectivity index (χ4n) is 11.7. The molecule has 5 aromatic rings. The van der Waals surface area contributed by atoms with Gasteiger partial charge in [-0.15, -0.1) is 0 Å². The van der Waals surface area contributed by atoms with E-state index in [1.54, 1.807) is 61.3 Å². The van der Waals surface area contributed by atoms with Gasteiger partial charge in [0, 0.05) is 119 Å². The number of nitrogens with zero attached hydrogens (tertiary/aromatic N) is 9. The number of anilines is 3. The monoisotopic (exact) mass is 934 g/mol. The van der Waals surface area contributed by atoms with E-state index in [-0.39, 0.29) is 55.7 Å². The Morgan fingerprint density at radius 2 is 1.71 bits per heavy atom. The molecular formula is C50H57F3N10O5. The first-order valence-corrected chi connectivity index (χ1v) is 24.0. The molecule has 18 heteroatoms. The maximum absolute atomic E-state index is 16.1. The lowest BCUT2D eigenvalue weighted by molar-refractivity contribution is -0.137. The van der Waals surface area contributed by atoms with Crippen LogP contribution in [0.1, 0.15) is 104 Å². The van der Waals surface area contributed by atoms with Crippen LogP contribution >= 0.6 is 0 Å². The topological polar surface area (TPSA) is 141 Å². The summed E-state index contributed by atoms with van der Waals surface area (Å²) in [6, 6.07) is 8.02. The number of halogens is 3. The minimum atomic E-state index is -2.75. The zero-order valence-electron chi connectivity index (χ0n) is 38.4. The summed E-state index contributed by atoms with van der Waals surface area (Å²) in [4.78, 5) is 64.6. The number of amides is 4. The molecule has 0 spiro atoms. The summed E-state index contributed by atoms with van der Waals surface area (Å²) in [6.45, 7) is 7.33. The number of imide groups is 1. The van der Waals surface area contributed by atoms with Crippen molar-refractivity contribution in [2.45, 2.75) is 96.3 Å². The number of likely N-dealkylation sites (tertiary alicyclic amines) is 1. The number of carbonyl (C=O) groups excluding carboxylic acids is 4. The molecule has 3 saturated heterocycles. The van der Waals surface area contributed by atoms with Gasteiger partial charge in [0.05, 0.1) is 38.1 Å². The van der Waals surface area contributed by atoms with Gasteiger partial charge in [-0.25, -0.2) is 18.2 Å².